The molecular formula is C21H30IN3O3. The van der Waals surface area contributed by atoms with E-state index in [0.717, 1.165) is 43.3 Å². The molecule has 28 heavy (non-hydrogen) atoms. The highest BCUT2D eigenvalue weighted by atomic mass is 127. The van der Waals surface area contributed by atoms with E-state index in [0.29, 0.717) is 11.5 Å². The average Bonchev–Trinajstić information content (AvgIpc) is 2.71. The molecule has 0 aliphatic heterocycles. The van der Waals surface area contributed by atoms with E-state index in [1.807, 2.05) is 37.3 Å². The maximum Gasteiger partial charge on any atom is 0.195 e. The number of hydrogen-bond acceptors (Lipinski definition) is 4. The summed E-state index contributed by atoms with van der Waals surface area (Å²) in [5.41, 5.74) is 2.17. The van der Waals surface area contributed by atoms with Crippen molar-refractivity contribution in [3.8, 4) is 17.2 Å². The first-order chi connectivity index (χ1) is 13.2. The SMILES string of the molecule is CCNC(=NCCCc1ccc(OC)cc1)Nc1ccc(OC)c(OC)c1.I. The van der Waals surface area contributed by atoms with Gasteiger partial charge in [0.15, 0.2) is 17.5 Å². The van der Waals surface area contributed by atoms with Gasteiger partial charge in [0.05, 0.1) is 21.3 Å². The van der Waals surface area contributed by atoms with Crippen molar-refractivity contribution in [2.75, 3.05) is 39.7 Å². The zero-order chi connectivity index (χ0) is 19.5. The fraction of sp³-hybridized carbons (Fsp3) is 0.381. The van der Waals surface area contributed by atoms with Gasteiger partial charge in [-0.3, -0.25) is 4.99 Å². The second-order valence-electron chi connectivity index (χ2n) is 5.91. The molecule has 0 aromatic heterocycles. The second kappa shape index (κ2) is 13.1. The first kappa shape index (κ1) is 23.9. The van der Waals surface area contributed by atoms with Crippen molar-refractivity contribution in [1.82, 2.24) is 5.32 Å². The lowest BCUT2D eigenvalue weighted by atomic mass is 10.1. The van der Waals surface area contributed by atoms with Crippen LogP contribution in [0.4, 0.5) is 5.69 Å². The molecule has 0 bridgehead atoms. The van der Waals surface area contributed by atoms with Crippen LogP contribution in [0.2, 0.25) is 0 Å². The van der Waals surface area contributed by atoms with Crippen LogP contribution in [0.5, 0.6) is 17.2 Å². The number of nitrogens with zero attached hydrogens (tertiary/aromatic N) is 1. The van der Waals surface area contributed by atoms with E-state index >= 15 is 0 Å². The lowest BCUT2D eigenvalue weighted by Crippen LogP contribution is -2.30. The Balaban J connectivity index is 0.00000392. The first-order valence-electron chi connectivity index (χ1n) is 9.10. The van der Waals surface area contributed by atoms with Gasteiger partial charge in [-0.05, 0) is 49.6 Å². The first-order valence-corrected chi connectivity index (χ1v) is 9.10. The van der Waals surface area contributed by atoms with E-state index in [-0.39, 0.29) is 24.0 Å². The van der Waals surface area contributed by atoms with Gasteiger partial charge in [0, 0.05) is 24.8 Å². The molecular weight excluding hydrogens is 469 g/mol. The molecule has 0 amide bonds. The van der Waals surface area contributed by atoms with Crippen LogP contribution in [0.25, 0.3) is 0 Å². The molecule has 0 aliphatic carbocycles. The number of nitrogens with one attached hydrogen (secondary N) is 2. The second-order valence-corrected chi connectivity index (χ2v) is 5.91. The summed E-state index contributed by atoms with van der Waals surface area (Å²) < 4.78 is 15.8. The molecule has 0 saturated heterocycles. The van der Waals surface area contributed by atoms with E-state index in [1.54, 1.807) is 21.3 Å². The Bertz CT molecular complexity index is 736. The van der Waals surface area contributed by atoms with Crippen LogP contribution in [0.1, 0.15) is 18.9 Å². The molecule has 2 N–H and O–H groups in total. The molecule has 0 aliphatic rings. The number of anilines is 1. The van der Waals surface area contributed by atoms with E-state index in [2.05, 4.69) is 27.8 Å². The van der Waals surface area contributed by atoms with Crippen LogP contribution in [0, 0.1) is 0 Å². The topological polar surface area (TPSA) is 64.1 Å². The summed E-state index contributed by atoms with van der Waals surface area (Å²) in [6.45, 7) is 3.56. The molecule has 0 heterocycles. The van der Waals surface area contributed by atoms with Gasteiger partial charge in [0.25, 0.3) is 0 Å². The van der Waals surface area contributed by atoms with Crippen molar-refractivity contribution < 1.29 is 14.2 Å². The summed E-state index contributed by atoms with van der Waals surface area (Å²) in [7, 11) is 4.93. The standard InChI is InChI=1S/C21H29N3O3.HI/c1-5-22-21(24-17-10-13-19(26-3)20(15-17)27-4)23-14-6-7-16-8-11-18(25-2)12-9-16;/h8-13,15H,5-7,14H2,1-4H3,(H2,22,23,24);1H. The summed E-state index contributed by atoms with van der Waals surface area (Å²) in [6, 6.07) is 13.9. The lowest BCUT2D eigenvalue weighted by molar-refractivity contribution is 0.355. The average molecular weight is 499 g/mol. The summed E-state index contributed by atoms with van der Waals surface area (Å²) in [6.07, 6.45) is 1.94. The molecule has 0 unspecified atom stereocenters. The predicted molar refractivity (Wildman–Crippen MR) is 126 cm³/mol. The van der Waals surface area contributed by atoms with Gasteiger partial charge >= 0.3 is 0 Å². The molecule has 7 heteroatoms. The van der Waals surface area contributed by atoms with Crippen LogP contribution in [-0.4, -0.2) is 40.4 Å². The van der Waals surface area contributed by atoms with Crippen molar-refractivity contribution in [2.45, 2.75) is 19.8 Å². The molecule has 0 radical (unpaired) electrons. The Morgan fingerprint density at radius 2 is 1.64 bits per heavy atom. The molecule has 2 aromatic rings. The Morgan fingerprint density at radius 1 is 0.929 bits per heavy atom. The van der Waals surface area contributed by atoms with E-state index < -0.39 is 0 Å². The molecule has 154 valence electrons. The molecule has 6 nitrogen and oxygen atoms in total. The van der Waals surface area contributed by atoms with E-state index in [9.17, 15) is 0 Å². The Labute approximate surface area is 184 Å². The van der Waals surface area contributed by atoms with Gasteiger partial charge in [-0.25, -0.2) is 0 Å². The summed E-state index contributed by atoms with van der Waals surface area (Å²) >= 11 is 0. The van der Waals surface area contributed by atoms with Gasteiger partial charge in [-0.1, -0.05) is 12.1 Å². The minimum atomic E-state index is 0. The van der Waals surface area contributed by atoms with Crippen molar-refractivity contribution in [1.29, 1.82) is 0 Å². The summed E-state index contributed by atoms with van der Waals surface area (Å²) in [5.74, 6) is 3.01. The maximum atomic E-state index is 5.35. The van der Waals surface area contributed by atoms with Crippen LogP contribution in [0.3, 0.4) is 0 Å². The molecule has 0 saturated carbocycles. The summed E-state index contributed by atoms with van der Waals surface area (Å²) in [5, 5.41) is 6.57. The molecule has 0 spiro atoms. The van der Waals surface area contributed by atoms with Gasteiger partial charge in [0.2, 0.25) is 0 Å². The number of hydrogen-bond donors (Lipinski definition) is 2. The van der Waals surface area contributed by atoms with Crippen molar-refractivity contribution in [3.05, 3.63) is 48.0 Å². The van der Waals surface area contributed by atoms with Gasteiger partial charge in [0.1, 0.15) is 5.75 Å². The Morgan fingerprint density at radius 3 is 2.25 bits per heavy atom. The number of aryl methyl sites for hydroxylation is 1. The minimum absolute atomic E-state index is 0. The van der Waals surface area contributed by atoms with Crippen LogP contribution in [0.15, 0.2) is 47.5 Å². The number of halogens is 1. The van der Waals surface area contributed by atoms with Crippen molar-refractivity contribution in [3.63, 3.8) is 0 Å². The highest BCUT2D eigenvalue weighted by Gasteiger charge is 2.06. The lowest BCUT2D eigenvalue weighted by Gasteiger charge is -2.13. The smallest absolute Gasteiger partial charge is 0.195 e. The number of benzene rings is 2. The largest absolute Gasteiger partial charge is 0.497 e. The van der Waals surface area contributed by atoms with Gasteiger partial charge < -0.3 is 24.8 Å². The zero-order valence-electron chi connectivity index (χ0n) is 17.0. The molecule has 2 rings (SSSR count). The monoisotopic (exact) mass is 499 g/mol. The van der Waals surface area contributed by atoms with Gasteiger partial charge in [-0.15, -0.1) is 24.0 Å². The van der Waals surface area contributed by atoms with E-state index in [1.165, 1.54) is 5.56 Å². The molecule has 0 atom stereocenters. The molecule has 0 fully saturated rings. The van der Waals surface area contributed by atoms with Crippen molar-refractivity contribution in [2.24, 2.45) is 4.99 Å². The Kier molecular flexibility index (Phi) is 11.2. The fourth-order valence-electron chi connectivity index (χ4n) is 2.62. The number of aliphatic imine (C=N–C) groups is 1. The highest BCUT2D eigenvalue weighted by Crippen LogP contribution is 2.29. The van der Waals surface area contributed by atoms with Crippen LogP contribution < -0.4 is 24.8 Å². The third-order valence-corrected chi connectivity index (χ3v) is 4.04. The summed E-state index contributed by atoms with van der Waals surface area (Å²) in [4.78, 5) is 4.65. The van der Waals surface area contributed by atoms with Crippen LogP contribution >= 0.6 is 24.0 Å². The van der Waals surface area contributed by atoms with E-state index in [4.69, 9.17) is 14.2 Å². The van der Waals surface area contributed by atoms with Crippen molar-refractivity contribution >= 4 is 35.6 Å². The normalized spacial score (nSPS) is 10.6. The fourth-order valence-corrected chi connectivity index (χ4v) is 2.62. The van der Waals surface area contributed by atoms with Crippen LogP contribution in [-0.2, 0) is 6.42 Å². The molecule has 2 aromatic carbocycles. The van der Waals surface area contributed by atoms with Gasteiger partial charge in [-0.2, -0.15) is 0 Å². The number of ether oxygens (including phenoxy) is 3. The third kappa shape index (κ3) is 7.46. The number of methoxy groups -OCH3 is 3. The number of guanidine groups is 1. The third-order valence-electron chi connectivity index (χ3n) is 4.04. The predicted octanol–water partition coefficient (Wildman–Crippen LogP) is 4.34. The highest BCUT2D eigenvalue weighted by molar-refractivity contribution is 14.0. The zero-order valence-corrected chi connectivity index (χ0v) is 19.3. The Hall–Kier alpha value is -2.16. The maximum absolute atomic E-state index is 5.35. The minimum Gasteiger partial charge on any atom is -0.497 e. The number of rotatable bonds is 9. The quantitative estimate of drug-likeness (QED) is 0.233.